The molecule has 0 unspecified atom stereocenters. The Morgan fingerprint density at radius 1 is 1.10 bits per heavy atom. The lowest BCUT2D eigenvalue weighted by atomic mass is 9.99. The van der Waals surface area contributed by atoms with E-state index in [4.69, 9.17) is 4.98 Å². The number of carbonyl (C=O) groups is 1. The second-order valence-electron chi connectivity index (χ2n) is 8.24. The molecule has 6 nitrogen and oxygen atoms in total. The molecule has 3 aromatic heterocycles. The molecule has 1 saturated heterocycles. The van der Waals surface area contributed by atoms with Crippen molar-refractivity contribution in [3.8, 4) is 0 Å². The Labute approximate surface area is 180 Å². The predicted octanol–water partition coefficient (Wildman–Crippen LogP) is 4.10. The number of likely N-dealkylation sites (tertiary alicyclic amines) is 1. The molecule has 31 heavy (non-hydrogen) atoms. The SMILES string of the molecule is CC[C@H]1CCCCN1C(=O)c1cc2c(=O)n3ccccc3nc2n1Cc1ccccc1. The van der Waals surface area contributed by atoms with Crippen LogP contribution in [0.2, 0.25) is 0 Å². The Hall–Kier alpha value is -3.41. The van der Waals surface area contributed by atoms with Gasteiger partial charge in [0.25, 0.3) is 11.5 Å². The highest BCUT2D eigenvalue weighted by atomic mass is 16.2. The average molecular weight is 415 g/mol. The zero-order valence-corrected chi connectivity index (χ0v) is 17.7. The Bertz CT molecular complexity index is 1310. The van der Waals surface area contributed by atoms with Crippen LogP contribution in [0.3, 0.4) is 0 Å². The molecule has 4 aromatic rings. The fraction of sp³-hybridized carbons (Fsp3) is 0.320. The van der Waals surface area contributed by atoms with Crippen LogP contribution in [0.5, 0.6) is 0 Å². The lowest BCUT2D eigenvalue weighted by Crippen LogP contribution is -2.44. The van der Waals surface area contributed by atoms with Gasteiger partial charge in [-0.1, -0.05) is 43.3 Å². The van der Waals surface area contributed by atoms with E-state index >= 15 is 0 Å². The molecule has 1 aromatic carbocycles. The number of amides is 1. The number of piperidine rings is 1. The van der Waals surface area contributed by atoms with E-state index < -0.39 is 0 Å². The summed E-state index contributed by atoms with van der Waals surface area (Å²) in [6.45, 7) is 3.39. The van der Waals surface area contributed by atoms with E-state index in [-0.39, 0.29) is 17.5 Å². The molecule has 1 atom stereocenters. The summed E-state index contributed by atoms with van der Waals surface area (Å²) in [5.41, 5.74) is 2.60. The van der Waals surface area contributed by atoms with Gasteiger partial charge in [0, 0.05) is 25.3 Å². The third-order valence-electron chi connectivity index (χ3n) is 6.34. The number of hydrogen-bond donors (Lipinski definition) is 0. The predicted molar refractivity (Wildman–Crippen MR) is 121 cm³/mol. The number of carbonyl (C=O) groups excluding carboxylic acids is 1. The second kappa shape index (κ2) is 8.02. The standard InChI is InChI=1S/C25H26N4O2/c1-2-19-12-6-8-14-27(19)25(31)21-16-20-23(29(21)17-18-10-4-3-5-11-18)26-22-13-7-9-15-28(22)24(20)30/h3-5,7,9-11,13,15-16,19H,2,6,8,12,14,17H2,1H3/t19-/m0/s1. The fourth-order valence-corrected chi connectivity index (χ4v) is 4.69. The highest BCUT2D eigenvalue weighted by Gasteiger charge is 2.29. The molecule has 1 amide bonds. The Morgan fingerprint density at radius 2 is 1.90 bits per heavy atom. The van der Waals surface area contributed by atoms with Gasteiger partial charge in [0.15, 0.2) is 0 Å². The molecule has 6 heteroatoms. The topological polar surface area (TPSA) is 59.6 Å². The van der Waals surface area contributed by atoms with Crippen LogP contribution in [0.4, 0.5) is 0 Å². The molecule has 1 aliphatic rings. The number of pyridine rings is 1. The molecule has 4 heterocycles. The van der Waals surface area contributed by atoms with Crippen molar-refractivity contribution < 1.29 is 4.79 Å². The van der Waals surface area contributed by atoms with Gasteiger partial charge < -0.3 is 9.47 Å². The van der Waals surface area contributed by atoms with Gasteiger partial charge in [-0.2, -0.15) is 0 Å². The molecular formula is C25H26N4O2. The monoisotopic (exact) mass is 414 g/mol. The van der Waals surface area contributed by atoms with Crippen LogP contribution < -0.4 is 5.56 Å². The summed E-state index contributed by atoms with van der Waals surface area (Å²) in [6.07, 6.45) is 5.87. The second-order valence-corrected chi connectivity index (χ2v) is 8.24. The lowest BCUT2D eigenvalue weighted by molar-refractivity contribution is 0.0598. The van der Waals surface area contributed by atoms with Crippen molar-refractivity contribution in [3.63, 3.8) is 0 Å². The van der Waals surface area contributed by atoms with Crippen molar-refractivity contribution >= 4 is 22.6 Å². The number of fused-ring (bicyclic) bond motifs is 2. The zero-order valence-electron chi connectivity index (χ0n) is 17.7. The number of benzene rings is 1. The van der Waals surface area contributed by atoms with Gasteiger partial charge in [0.1, 0.15) is 17.0 Å². The van der Waals surface area contributed by atoms with Crippen LogP contribution in [0.25, 0.3) is 16.7 Å². The Kier molecular flexibility index (Phi) is 5.06. The Morgan fingerprint density at radius 3 is 2.71 bits per heavy atom. The maximum Gasteiger partial charge on any atom is 0.270 e. The van der Waals surface area contributed by atoms with E-state index in [9.17, 15) is 9.59 Å². The maximum atomic E-state index is 13.7. The minimum absolute atomic E-state index is 0.00561. The van der Waals surface area contributed by atoms with Gasteiger partial charge in [-0.05, 0) is 49.4 Å². The van der Waals surface area contributed by atoms with Gasteiger partial charge in [-0.15, -0.1) is 0 Å². The normalized spacial score (nSPS) is 16.8. The smallest absolute Gasteiger partial charge is 0.270 e. The molecule has 158 valence electrons. The summed E-state index contributed by atoms with van der Waals surface area (Å²) in [4.78, 5) is 33.7. The van der Waals surface area contributed by atoms with E-state index in [2.05, 4.69) is 6.92 Å². The quantitative estimate of drug-likeness (QED) is 0.505. The number of nitrogens with zero attached hydrogens (tertiary/aromatic N) is 4. The van der Waals surface area contributed by atoms with E-state index in [1.165, 1.54) is 0 Å². The van der Waals surface area contributed by atoms with Crippen molar-refractivity contribution in [1.29, 1.82) is 0 Å². The first-order chi connectivity index (χ1) is 15.2. The van der Waals surface area contributed by atoms with Gasteiger partial charge in [-0.25, -0.2) is 4.98 Å². The third kappa shape index (κ3) is 3.42. The van der Waals surface area contributed by atoms with Crippen molar-refractivity contribution in [3.05, 3.63) is 82.4 Å². The number of hydrogen-bond acceptors (Lipinski definition) is 3. The summed E-state index contributed by atoms with van der Waals surface area (Å²) in [5.74, 6) is -0.00561. The van der Waals surface area contributed by atoms with Gasteiger partial charge >= 0.3 is 0 Å². The van der Waals surface area contributed by atoms with Gasteiger partial charge in [0.05, 0.1) is 5.39 Å². The zero-order chi connectivity index (χ0) is 21.4. The van der Waals surface area contributed by atoms with Gasteiger partial charge in [-0.3, -0.25) is 14.0 Å². The number of rotatable bonds is 4. The summed E-state index contributed by atoms with van der Waals surface area (Å²) in [6, 6.07) is 17.5. The highest BCUT2D eigenvalue weighted by Crippen LogP contribution is 2.25. The first-order valence-corrected chi connectivity index (χ1v) is 11.0. The first-order valence-electron chi connectivity index (χ1n) is 11.0. The lowest BCUT2D eigenvalue weighted by Gasteiger charge is -2.35. The summed E-state index contributed by atoms with van der Waals surface area (Å²) >= 11 is 0. The summed E-state index contributed by atoms with van der Waals surface area (Å²) < 4.78 is 3.46. The van der Waals surface area contributed by atoms with Gasteiger partial charge in [0.2, 0.25) is 0 Å². The minimum atomic E-state index is -0.146. The molecule has 0 bridgehead atoms. The molecule has 1 aliphatic heterocycles. The van der Waals surface area contributed by atoms with E-state index in [1.807, 2.05) is 58.0 Å². The van der Waals surface area contributed by atoms with Crippen molar-refractivity contribution in [2.24, 2.45) is 0 Å². The molecule has 0 N–H and O–H groups in total. The molecular weight excluding hydrogens is 388 g/mol. The molecule has 5 rings (SSSR count). The molecule has 0 saturated carbocycles. The van der Waals surface area contributed by atoms with Crippen LogP contribution >= 0.6 is 0 Å². The van der Waals surface area contributed by atoms with Crippen LogP contribution in [-0.2, 0) is 6.54 Å². The van der Waals surface area contributed by atoms with Crippen LogP contribution in [-0.4, -0.2) is 37.3 Å². The van der Waals surface area contributed by atoms with E-state index in [0.717, 1.165) is 37.8 Å². The minimum Gasteiger partial charge on any atom is -0.334 e. The Balaban J connectivity index is 1.71. The van der Waals surface area contributed by atoms with Crippen LogP contribution in [0.1, 0.15) is 48.7 Å². The molecule has 0 radical (unpaired) electrons. The molecule has 1 fully saturated rings. The van der Waals surface area contributed by atoms with Crippen LogP contribution in [0, 0.1) is 0 Å². The van der Waals surface area contributed by atoms with Crippen molar-refractivity contribution in [1.82, 2.24) is 18.9 Å². The highest BCUT2D eigenvalue weighted by molar-refractivity contribution is 5.98. The molecule has 0 aliphatic carbocycles. The molecule has 0 spiro atoms. The fourth-order valence-electron chi connectivity index (χ4n) is 4.69. The van der Waals surface area contributed by atoms with Crippen molar-refractivity contribution in [2.45, 2.75) is 45.2 Å². The maximum absolute atomic E-state index is 13.7. The third-order valence-corrected chi connectivity index (χ3v) is 6.34. The summed E-state index contributed by atoms with van der Waals surface area (Å²) in [7, 11) is 0. The average Bonchev–Trinajstić information content (AvgIpc) is 3.18. The number of aromatic nitrogens is 3. The van der Waals surface area contributed by atoms with E-state index in [0.29, 0.717) is 28.9 Å². The first kappa shape index (κ1) is 19.5. The van der Waals surface area contributed by atoms with Crippen LogP contribution in [0.15, 0.2) is 65.6 Å². The van der Waals surface area contributed by atoms with Crippen molar-refractivity contribution in [2.75, 3.05) is 6.54 Å². The largest absolute Gasteiger partial charge is 0.334 e. The van der Waals surface area contributed by atoms with E-state index in [1.54, 1.807) is 16.7 Å². The summed E-state index contributed by atoms with van der Waals surface area (Å²) in [5, 5.41) is 0.480.